The third kappa shape index (κ3) is 6.11. The first kappa shape index (κ1) is 15.4. The van der Waals surface area contributed by atoms with Gasteiger partial charge in [-0.3, -0.25) is 4.79 Å². The van der Waals surface area contributed by atoms with Crippen LogP contribution in [0.15, 0.2) is 0 Å². The number of hydrogen-bond donors (Lipinski definition) is 2. The van der Waals surface area contributed by atoms with Crippen LogP contribution in [0.1, 0.15) is 53.4 Å². The fraction of sp³-hybridized carbons (Fsp3) is 0.923. The van der Waals surface area contributed by atoms with Gasteiger partial charge in [-0.2, -0.15) is 0 Å². The van der Waals surface area contributed by atoms with Crippen LogP contribution in [0.5, 0.6) is 0 Å². The molecule has 0 radical (unpaired) electrons. The van der Waals surface area contributed by atoms with Crippen LogP contribution in [0.4, 0.5) is 0 Å². The van der Waals surface area contributed by atoms with Crippen molar-refractivity contribution in [1.82, 2.24) is 0 Å². The van der Waals surface area contributed by atoms with E-state index in [4.69, 9.17) is 10.8 Å². The van der Waals surface area contributed by atoms with E-state index >= 15 is 0 Å². The van der Waals surface area contributed by atoms with Gasteiger partial charge in [-0.15, -0.1) is 0 Å². The van der Waals surface area contributed by atoms with Crippen molar-refractivity contribution in [3.05, 3.63) is 0 Å². The van der Waals surface area contributed by atoms with Crippen molar-refractivity contribution >= 4 is 5.97 Å². The highest BCUT2D eigenvalue weighted by Gasteiger charge is 2.24. The average molecular weight is 229 g/mol. The molecule has 3 unspecified atom stereocenters. The maximum atomic E-state index is 10.6. The van der Waals surface area contributed by atoms with Crippen molar-refractivity contribution in [3.63, 3.8) is 0 Å². The highest BCUT2D eigenvalue weighted by molar-refractivity contribution is 5.67. The van der Waals surface area contributed by atoms with Crippen molar-refractivity contribution in [2.45, 2.75) is 59.4 Å². The summed E-state index contributed by atoms with van der Waals surface area (Å²) in [6, 6.07) is -0.204. The Hall–Kier alpha value is -0.570. The summed E-state index contributed by atoms with van der Waals surface area (Å²) in [4.78, 5) is 10.6. The summed E-state index contributed by atoms with van der Waals surface area (Å²) in [6.45, 7) is 8.71. The number of nitrogens with two attached hydrogens (primary N) is 1. The Balaban J connectivity index is 4.18. The molecule has 0 amide bonds. The lowest BCUT2D eigenvalue weighted by Crippen LogP contribution is -2.36. The van der Waals surface area contributed by atoms with Gasteiger partial charge in [-0.1, -0.05) is 47.0 Å². The molecule has 3 N–H and O–H groups in total. The molecule has 0 saturated heterocycles. The number of carboxylic acids is 1. The zero-order valence-corrected chi connectivity index (χ0v) is 11.1. The van der Waals surface area contributed by atoms with Gasteiger partial charge in [-0.05, 0) is 17.8 Å². The fourth-order valence-electron chi connectivity index (χ4n) is 2.29. The Labute approximate surface area is 99.4 Å². The van der Waals surface area contributed by atoms with E-state index in [2.05, 4.69) is 27.7 Å². The number of carboxylic acid groups (broad SMARTS) is 1. The summed E-state index contributed by atoms with van der Waals surface area (Å²) in [6.07, 6.45) is 3.39. The predicted molar refractivity (Wildman–Crippen MR) is 67.2 cm³/mol. The fourth-order valence-corrected chi connectivity index (χ4v) is 2.29. The smallest absolute Gasteiger partial charge is 0.304 e. The number of rotatable bonds is 8. The van der Waals surface area contributed by atoms with Gasteiger partial charge < -0.3 is 10.8 Å². The van der Waals surface area contributed by atoms with Crippen molar-refractivity contribution in [2.75, 3.05) is 0 Å². The molecule has 16 heavy (non-hydrogen) atoms. The van der Waals surface area contributed by atoms with Gasteiger partial charge in [0.2, 0.25) is 0 Å². The van der Waals surface area contributed by atoms with Gasteiger partial charge in [0.25, 0.3) is 0 Å². The third-order valence-electron chi connectivity index (χ3n) is 3.36. The van der Waals surface area contributed by atoms with E-state index in [1.807, 2.05) is 0 Å². The van der Waals surface area contributed by atoms with E-state index < -0.39 is 5.97 Å². The van der Waals surface area contributed by atoms with Gasteiger partial charge >= 0.3 is 5.97 Å². The zero-order chi connectivity index (χ0) is 12.7. The molecule has 0 aromatic carbocycles. The maximum Gasteiger partial charge on any atom is 0.304 e. The molecule has 0 aliphatic rings. The molecule has 0 spiro atoms. The van der Waals surface area contributed by atoms with E-state index in [0.717, 1.165) is 12.8 Å². The molecule has 0 fully saturated rings. The molecule has 3 heteroatoms. The highest BCUT2D eigenvalue weighted by atomic mass is 16.4. The first-order valence-electron chi connectivity index (χ1n) is 6.35. The molecular weight excluding hydrogens is 202 g/mol. The van der Waals surface area contributed by atoms with E-state index in [9.17, 15) is 4.79 Å². The average Bonchev–Trinajstić information content (AvgIpc) is 2.14. The lowest BCUT2D eigenvalue weighted by molar-refractivity contribution is -0.137. The Bertz CT molecular complexity index is 204. The largest absolute Gasteiger partial charge is 0.481 e. The second-order valence-corrected chi connectivity index (χ2v) is 5.28. The summed E-state index contributed by atoms with van der Waals surface area (Å²) < 4.78 is 0. The minimum Gasteiger partial charge on any atom is -0.481 e. The van der Waals surface area contributed by atoms with Crippen LogP contribution in [0.2, 0.25) is 0 Å². The molecule has 0 aliphatic heterocycles. The normalized spacial score (nSPS) is 17.1. The molecule has 0 bridgehead atoms. The van der Waals surface area contributed by atoms with Crippen LogP contribution in [0.3, 0.4) is 0 Å². The molecule has 0 aromatic rings. The predicted octanol–water partition coefficient (Wildman–Crippen LogP) is 2.89. The monoisotopic (exact) mass is 229 g/mol. The molecular formula is C13H27NO2. The second-order valence-electron chi connectivity index (χ2n) is 5.28. The summed E-state index contributed by atoms with van der Waals surface area (Å²) >= 11 is 0. The molecule has 3 nitrogen and oxygen atoms in total. The second kappa shape index (κ2) is 7.66. The molecule has 0 saturated carbocycles. The van der Waals surface area contributed by atoms with Crippen LogP contribution in [-0.4, -0.2) is 17.1 Å². The summed E-state index contributed by atoms with van der Waals surface area (Å²) in [5, 5.41) is 8.75. The van der Waals surface area contributed by atoms with Crippen LogP contribution in [0, 0.1) is 17.8 Å². The standard InChI is InChI=1S/C13H27NO2/c1-5-11(12(14)8-13(15)16)10(4)7-6-9(2)3/h9-12H,5-8,14H2,1-4H3,(H,15,16). The molecule has 0 aromatic heterocycles. The summed E-state index contributed by atoms with van der Waals surface area (Å²) in [5.74, 6) is 0.759. The quantitative estimate of drug-likeness (QED) is 0.672. The molecule has 0 aliphatic carbocycles. The third-order valence-corrected chi connectivity index (χ3v) is 3.36. The van der Waals surface area contributed by atoms with Crippen molar-refractivity contribution in [3.8, 4) is 0 Å². The number of hydrogen-bond acceptors (Lipinski definition) is 2. The lowest BCUT2D eigenvalue weighted by atomic mass is 9.80. The van der Waals surface area contributed by atoms with Gasteiger partial charge in [-0.25, -0.2) is 0 Å². The van der Waals surface area contributed by atoms with Crippen molar-refractivity contribution in [2.24, 2.45) is 23.5 Å². The molecule has 96 valence electrons. The molecule has 3 atom stereocenters. The van der Waals surface area contributed by atoms with Gasteiger partial charge in [0, 0.05) is 6.04 Å². The Kier molecular flexibility index (Phi) is 7.39. The number of carbonyl (C=O) groups is 1. The van der Waals surface area contributed by atoms with E-state index in [0.29, 0.717) is 17.8 Å². The Morgan fingerprint density at radius 3 is 2.19 bits per heavy atom. The van der Waals surface area contributed by atoms with Crippen LogP contribution in [-0.2, 0) is 4.79 Å². The van der Waals surface area contributed by atoms with E-state index in [1.54, 1.807) is 0 Å². The van der Waals surface area contributed by atoms with E-state index in [1.165, 1.54) is 6.42 Å². The maximum absolute atomic E-state index is 10.6. The summed E-state index contributed by atoms with van der Waals surface area (Å²) in [7, 11) is 0. The molecule has 0 heterocycles. The van der Waals surface area contributed by atoms with Crippen LogP contribution < -0.4 is 5.73 Å². The van der Waals surface area contributed by atoms with Crippen LogP contribution >= 0.6 is 0 Å². The van der Waals surface area contributed by atoms with Gasteiger partial charge in [0.1, 0.15) is 0 Å². The highest BCUT2D eigenvalue weighted by Crippen LogP contribution is 2.25. The first-order valence-corrected chi connectivity index (χ1v) is 6.35. The minimum absolute atomic E-state index is 0.0878. The first-order chi connectivity index (χ1) is 7.38. The lowest BCUT2D eigenvalue weighted by Gasteiger charge is -2.28. The SMILES string of the molecule is CCC(C(C)CCC(C)C)C(N)CC(=O)O. The van der Waals surface area contributed by atoms with E-state index in [-0.39, 0.29) is 12.5 Å². The van der Waals surface area contributed by atoms with Crippen molar-refractivity contribution < 1.29 is 9.90 Å². The molecule has 0 rings (SSSR count). The van der Waals surface area contributed by atoms with Gasteiger partial charge in [0.15, 0.2) is 0 Å². The number of aliphatic carboxylic acids is 1. The minimum atomic E-state index is -0.790. The Morgan fingerprint density at radius 1 is 1.25 bits per heavy atom. The van der Waals surface area contributed by atoms with Gasteiger partial charge in [0.05, 0.1) is 6.42 Å². The van der Waals surface area contributed by atoms with Crippen LogP contribution in [0.25, 0.3) is 0 Å². The summed E-state index contributed by atoms with van der Waals surface area (Å²) in [5.41, 5.74) is 5.96. The van der Waals surface area contributed by atoms with Crippen molar-refractivity contribution in [1.29, 1.82) is 0 Å². The zero-order valence-electron chi connectivity index (χ0n) is 11.1. The Morgan fingerprint density at radius 2 is 1.81 bits per heavy atom. The topological polar surface area (TPSA) is 63.3 Å².